The zero-order chi connectivity index (χ0) is 24.2. The van der Waals surface area contributed by atoms with Gasteiger partial charge in [-0.1, -0.05) is 48.8 Å². The maximum absolute atomic E-state index is 12.6. The maximum Gasteiger partial charge on any atom is 0.265 e. The number of hydrogen-bond donors (Lipinski definition) is 2. The third-order valence-corrected chi connectivity index (χ3v) is 6.86. The van der Waals surface area contributed by atoms with E-state index in [1.54, 1.807) is 43.3 Å². The van der Waals surface area contributed by atoms with E-state index in [0.717, 1.165) is 4.47 Å². The van der Waals surface area contributed by atoms with Crippen molar-refractivity contribution in [2.45, 2.75) is 44.1 Å². The highest BCUT2D eigenvalue weighted by Gasteiger charge is 2.18. The van der Waals surface area contributed by atoms with E-state index in [-0.39, 0.29) is 16.2 Å². The Bertz CT molecular complexity index is 1200. The molecule has 3 aromatic carbocycles. The molecule has 1 atom stereocenters. The van der Waals surface area contributed by atoms with Crippen LogP contribution in [0.4, 0.5) is 11.4 Å². The molecule has 1 amide bonds. The van der Waals surface area contributed by atoms with Crippen molar-refractivity contribution in [2.75, 3.05) is 10.0 Å². The van der Waals surface area contributed by atoms with Crippen molar-refractivity contribution in [1.29, 1.82) is 0 Å². The van der Waals surface area contributed by atoms with Gasteiger partial charge in [0.25, 0.3) is 15.9 Å². The Morgan fingerprint density at radius 1 is 0.879 bits per heavy atom. The van der Waals surface area contributed by atoms with Gasteiger partial charge in [0.05, 0.1) is 4.90 Å². The van der Waals surface area contributed by atoms with Crippen molar-refractivity contribution < 1.29 is 17.9 Å². The van der Waals surface area contributed by atoms with Crippen LogP contribution in [0.2, 0.25) is 0 Å². The first-order valence-corrected chi connectivity index (χ1v) is 12.7. The third kappa shape index (κ3) is 6.82. The smallest absolute Gasteiger partial charge is 0.265 e. The van der Waals surface area contributed by atoms with Crippen LogP contribution in [0.5, 0.6) is 5.75 Å². The molecule has 0 fully saturated rings. The average molecular weight is 531 g/mol. The van der Waals surface area contributed by atoms with Gasteiger partial charge in [-0.2, -0.15) is 0 Å². The molecule has 0 radical (unpaired) electrons. The van der Waals surface area contributed by atoms with Crippen LogP contribution < -0.4 is 14.8 Å². The van der Waals surface area contributed by atoms with Crippen molar-refractivity contribution in [3.63, 3.8) is 0 Å². The van der Waals surface area contributed by atoms with Gasteiger partial charge in [-0.15, -0.1) is 0 Å². The van der Waals surface area contributed by atoms with Crippen molar-refractivity contribution in [3.05, 3.63) is 82.8 Å². The number of benzene rings is 3. The standard InChI is InChI=1S/C25H27BrN2O4S/c1-17(32-22-13-5-18(6-14-22)25(2,3)4)24(29)27-20-11-15-23(16-12-20)33(30,31)28-21-9-7-19(26)8-10-21/h5-17,28H,1-4H3,(H,27,29)/t17-/m0/s1. The summed E-state index contributed by atoms with van der Waals surface area (Å²) in [5.74, 6) is 0.268. The van der Waals surface area contributed by atoms with Gasteiger partial charge in [-0.3, -0.25) is 9.52 Å². The summed E-state index contributed by atoms with van der Waals surface area (Å²) in [6, 6.07) is 20.5. The number of amides is 1. The molecule has 0 aliphatic carbocycles. The molecule has 0 bridgehead atoms. The van der Waals surface area contributed by atoms with Crippen LogP contribution in [0.3, 0.4) is 0 Å². The molecule has 33 heavy (non-hydrogen) atoms. The zero-order valence-electron chi connectivity index (χ0n) is 18.9. The first-order chi connectivity index (χ1) is 15.4. The molecule has 0 heterocycles. The zero-order valence-corrected chi connectivity index (χ0v) is 21.3. The highest BCUT2D eigenvalue weighted by atomic mass is 79.9. The minimum Gasteiger partial charge on any atom is -0.481 e. The number of sulfonamides is 1. The quantitative estimate of drug-likeness (QED) is 0.395. The summed E-state index contributed by atoms with van der Waals surface area (Å²) in [6.45, 7) is 8.05. The van der Waals surface area contributed by atoms with E-state index in [9.17, 15) is 13.2 Å². The molecule has 0 unspecified atom stereocenters. The Labute approximate surface area is 203 Å². The van der Waals surface area contributed by atoms with Gasteiger partial charge in [0.1, 0.15) is 5.75 Å². The van der Waals surface area contributed by atoms with Crippen molar-refractivity contribution in [1.82, 2.24) is 0 Å². The van der Waals surface area contributed by atoms with Crippen molar-refractivity contribution in [2.24, 2.45) is 0 Å². The van der Waals surface area contributed by atoms with Crippen LogP contribution in [-0.4, -0.2) is 20.4 Å². The van der Waals surface area contributed by atoms with E-state index in [4.69, 9.17) is 4.74 Å². The minimum atomic E-state index is -3.75. The lowest BCUT2D eigenvalue weighted by atomic mass is 9.87. The summed E-state index contributed by atoms with van der Waals surface area (Å²) < 4.78 is 34.3. The number of rotatable bonds is 7. The normalized spacial score (nSPS) is 12.6. The summed E-state index contributed by atoms with van der Waals surface area (Å²) >= 11 is 3.32. The van der Waals surface area contributed by atoms with Gasteiger partial charge in [0.15, 0.2) is 6.10 Å². The fraction of sp³-hybridized carbons (Fsp3) is 0.240. The van der Waals surface area contributed by atoms with Crippen LogP contribution in [0.1, 0.15) is 33.3 Å². The minimum absolute atomic E-state index is 0.0366. The number of anilines is 2. The second-order valence-electron chi connectivity index (χ2n) is 8.66. The first-order valence-electron chi connectivity index (χ1n) is 10.4. The van der Waals surface area contributed by atoms with E-state index in [0.29, 0.717) is 17.1 Å². The highest BCUT2D eigenvalue weighted by Crippen LogP contribution is 2.25. The molecule has 2 N–H and O–H groups in total. The van der Waals surface area contributed by atoms with Crippen LogP contribution in [0.15, 0.2) is 82.2 Å². The molecule has 174 valence electrons. The average Bonchev–Trinajstić information content (AvgIpc) is 2.75. The van der Waals surface area contributed by atoms with Crippen LogP contribution >= 0.6 is 15.9 Å². The molecule has 0 aliphatic heterocycles. The van der Waals surface area contributed by atoms with Gasteiger partial charge < -0.3 is 10.1 Å². The third-order valence-electron chi connectivity index (χ3n) is 4.93. The Morgan fingerprint density at radius 2 is 1.42 bits per heavy atom. The topological polar surface area (TPSA) is 84.5 Å². The highest BCUT2D eigenvalue weighted by molar-refractivity contribution is 9.10. The summed E-state index contributed by atoms with van der Waals surface area (Å²) in [4.78, 5) is 12.6. The van der Waals surface area contributed by atoms with Crippen molar-refractivity contribution in [3.8, 4) is 5.75 Å². The SMILES string of the molecule is C[C@H](Oc1ccc(C(C)(C)C)cc1)C(=O)Nc1ccc(S(=O)(=O)Nc2ccc(Br)cc2)cc1. The molecule has 0 saturated heterocycles. The molecule has 0 aromatic heterocycles. The Hall–Kier alpha value is -2.84. The van der Waals surface area contributed by atoms with E-state index in [1.807, 2.05) is 24.3 Å². The predicted molar refractivity (Wildman–Crippen MR) is 135 cm³/mol. The summed E-state index contributed by atoms with van der Waals surface area (Å²) in [5.41, 5.74) is 2.14. The second kappa shape index (κ2) is 9.97. The second-order valence-corrected chi connectivity index (χ2v) is 11.3. The fourth-order valence-corrected chi connectivity index (χ4v) is 4.31. The molecule has 3 rings (SSSR count). The fourth-order valence-electron chi connectivity index (χ4n) is 2.98. The summed E-state index contributed by atoms with van der Waals surface area (Å²) in [6.07, 6.45) is -0.729. The van der Waals surface area contributed by atoms with Gasteiger partial charge in [-0.25, -0.2) is 8.42 Å². The maximum atomic E-state index is 12.6. The molecule has 0 spiro atoms. The van der Waals surface area contributed by atoms with Crippen molar-refractivity contribution >= 4 is 43.2 Å². The van der Waals surface area contributed by atoms with E-state index in [2.05, 4.69) is 46.7 Å². The Balaban J connectivity index is 1.60. The Morgan fingerprint density at radius 3 is 1.97 bits per heavy atom. The van der Waals surface area contributed by atoms with E-state index >= 15 is 0 Å². The number of hydrogen-bond acceptors (Lipinski definition) is 4. The summed E-state index contributed by atoms with van der Waals surface area (Å²) in [5, 5.41) is 2.75. The molecular weight excluding hydrogens is 504 g/mol. The van der Waals surface area contributed by atoms with Crippen LogP contribution in [-0.2, 0) is 20.2 Å². The molecule has 6 nitrogen and oxygen atoms in total. The first kappa shape index (κ1) is 24.8. The van der Waals surface area contributed by atoms with Gasteiger partial charge in [0, 0.05) is 15.8 Å². The van der Waals surface area contributed by atoms with E-state index in [1.165, 1.54) is 17.7 Å². The molecule has 0 aliphatic rings. The number of ether oxygens (including phenoxy) is 1. The Kier molecular flexibility index (Phi) is 7.49. The molecule has 3 aromatic rings. The number of carbonyl (C=O) groups is 1. The number of carbonyl (C=O) groups excluding carboxylic acids is 1. The molecule has 0 saturated carbocycles. The van der Waals surface area contributed by atoms with Crippen LogP contribution in [0, 0.1) is 0 Å². The number of nitrogens with one attached hydrogen (secondary N) is 2. The number of halogens is 1. The monoisotopic (exact) mass is 530 g/mol. The van der Waals surface area contributed by atoms with Gasteiger partial charge in [0.2, 0.25) is 0 Å². The van der Waals surface area contributed by atoms with E-state index < -0.39 is 16.1 Å². The lowest BCUT2D eigenvalue weighted by Crippen LogP contribution is -2.30. The lowest BCUT2D eigenvalue weighted by molar-refractivity contribution is -0.122. The summed E-state index contributed by atoms with van der Waals surface area (Å²) in [7, 11) is -3.75. The van der Waals surface area contributed by atoms with Gasteiger partial charge >= 0.3 is 0 Å². The molecular formula is C25H27BrN2O4S. The largest absolute Gasteiger partial charge is 0.481 e. The van der Waals surface area contributed by atoms with Crippen LogP contribution in [0.25, 0.3) is 0 Å². The van der Waals surface area contributed by atoms with Gasteiger partial charge in [-0.05, 0) is 78.6 Å². The molecule has 8 heteroatoms. The predicted octanol–water partition coefficient (Wildman–Crippen LogP) is 5.95. The lowest BCUT2D eigenvalue weighted by Gasteiger charge is -2.20.